The van der Waals surface area contributed by atoms with Crippen molar-refractivity contribution in [1.29, 1.82) is 0 Å². The number of rotatable bonds is 4. The molecule has 6 heteroatoms. The Morgan fingerprint density at radius 1 is 1.21 bits per heavy atom. The second-order valence-corrected chi connectivity index (χ2v) is 4.10. The van der Waals surface area contributed by atoms with E-state index in [2.05, 4.69) is 9.97 Å². The standard InChI is InChI=1S/C13H16N4O2/c1-17(2)13-15-7-6-12(16-13)19-11-5-4-9(18-3)8-10(11)14/h4-8H,14H2,1-3H3. The first-order valence-electron chi connectivity index (χ1n) is 5.72. The van der Waals surface area contributed by atoms with E-state index in [-0.39, 0.29) is 0 Å². The van der Waals surface area contributed by atoms with Crippen LogP contribution in [-0.4, -0.2) is 31.2 Å². The lowest BCUT2D eigenvalue weighted by Crippen LogP contribution is -2.12. The van der Waals surface area contributed by atoms with E-state index in [4.69, 9.17) is 15.2 Å². The molecule has 0 atom stereocenters. The Balaban J connectivity index is 2.23. The number of nitrogen functional groups attached to an aromatic ring is 1. The van der Waals surface area contributed by atoms with Gasteiger partial charge in [0.15, 0.2) is 5.75 Å². The maximum absolute atomic E-state index is 5.88. The van der Waals surface area contributed by atoms with Crippen molar-refractivity contribution in [2.24, 2.45) is 0 Å². The van der Waals surface area contributed by atoms with Crippen molar-refractivity contribution in [1.82, 2.24) is 9.97 Å². The van der Waals surface area contributed by atoms with Gasteiger partial charge >= 0.3 is 0 Å². The van der Waals surface area contributed by atoms with E-state index >= 15 is 0 Å². The zero-order valence-electron chi connectivity index (χ0n) is 11.1. The first-order valence-corrected chi connectivity index (χ1v) is 5.72. The minimum absolute atomic E-state index is 0.440. The van der Waals surface area contributed by atoms with Crippen molar-refractivity contribution < 1.29 is 9.47 Å². The summed E-state index contributed by atoms with van der Waals surface area (Å²) in [7, 11) is 5.31. The first-order chi connectivity index (χ1) is 9.10. The van der Waals surface area contributed by atoms with E-state index in [1.54, 1.807) is 42.5 Å². The Morgan fingerprint density at radius 2 is 2.00 bits per heavy atom. The van der Waals surface area contributed by atoms with E-state index in [9.17, 15) is 0 Å². The summed E-state index contributed by atoms with van der Waals surface area (Å²) in [5.41, 5.74) is 6.37. The molecule has 0 unspecified atom stereocenters. The van der Waals surface area contributed by atoms with Crippen LogP contribution in [0.25, 0.3) is 0 Å². The predicted octanol–water partition coefficient (Wildman–Crippen LogP) is 1.93. The lowest BCUT2D eigenvalue weighted by Gasteiger charge is -2.12. The summed E-state index contributed by atoms with van der Waals surface area (Å²) < 4.78 is 10.7. The fraction of sp³-hybridized carbons (Fsp3) is 0.231. The molecule has 1 heterocycles. The normalized spacial score (nSPS) is 10.1. The highest BCUT2D eigenvalue weighted by molar-refractivity contribution is 5.57. The maximum atomic E-state index is 5.88. The van der Waals surface area contributed by atoms with Crippen molar-refractivity contribution >= 4 is 11.6 Å². The van der Waals surface area contributed by atoms with Crippen LogP contribution in [0.4, 0.5) is 11.6 Å². The molecule has 2 N–H and O–H groups in total. The van der Waals surface area contributed by atoms with Crippen LogP contribution in [-0.2, 0) is 0 Å². The Bertz CT molecular complexity index is 572. The average molecular weight is 260 g/mol. The molecule has 0 amide bonds. The van der Waals surface area contributed by atoms with Crippen LogP contribution in [0.1, 0.15) is 0 Å². The smallest absolute Gasteiger partial charge is 0.228 e. The van der Waals surface area contributed by atoms with Crippen molar-refractivity contribution in [3.8, 4) is 17.4 Å². The van der Waals surface area contributed by atoms with Crippen molar-refractivity contribution in [2.45, 2.75) is 0 Å². The fourth-order valence-electron chi connectivity index (χ4n) is 1.46. The van der Waals surface area contributed by atoms with Gasteiger partial charge in [-0.3, -0.25) is 0 Å². The molecule has 0 radical (unpaired) electrons. The molecule has 2 rings (SSSR count). The first kappa shape index (κ1) is 12.9. The van der Waals surface area contributed by atoms with Gasteiger partial charge in [-0.25, -0.2) is 4.98 Å². The number of benzene rings is 1. The van der Waals surface area contributed by atoms with Gasteiger partial charge in [0, 0.05) is 32.4 Å². The monoisotopic (exact) mass is 260 g/mol. The molecule has 2 aromatic rings. The summed E-state index contributed by atoms with van der Waals surface area (Å²) >= 11 is 0. The molecule has 1 aromatic heterocycles. The predicted molar refractivity (Wildman–Crippen MR) is 73.8 cm³/mol. The number of nitrogens with two attached hydrogens (primary N) is 1. The van der Waals surface area contributed by atoms with Gasteiger partial charge in [-0.05, 0) is 12.1 Å². The number of nitrogens with zero attached hydrogens (tertiary/aromatic N) is 3. The third-order valence-electron chi connectivity index (χ3n) is 2.45. The molecule has 0 saturated carbocycles. The van der Waals surface area contributed by atoms with E-state index < -0.39 is 0 Å². The van der Waals surface area contributed by atoms with Crippen molar-refractivity contribution in [3.05, 3.63) is 30.5 Å². The second-order valence-electron chi connectivity index (χ2n) is 4.10. The topological polar surface area (TPSA) is 73.5 Å². The molecule has 100 valence electrons. The number of aromatic nitrogens is 2. The lowest BCUT2D eigenvalue weighted by molar-refractivity contribution is 0.412. The molecular weight excluding hydrogens is 244 g/mol. The van der Waals surface area contributed by atoms with Crippen LogP contribution in [0.15, 0.2) is 30.5 Å². The van der Waals surface area contributed by atoms with Gasteiger partial charge in [-0.2, -0.15) is 4.98 Å². The number of anilines is 2. The summed E-state index contributed by atoms with van der Waals surface area (Å²) in [6.45, 7) is 0. The number of ether oxygens (including phenoxy) is 2. The largest absolute Gasteiger partial charge is 0.497 e. The number of hydrogen-bond donors (Lipinski definition) is 1. The second kappa shape index (κ2) is 5.43. The summed E-state index contributed by atoms with van der Waals surface area (Å²) in [4.78, 5) is 10.2. The molecular formula is C13H16N4O2. The SMILES string of the molecule is COc1ccc(Oc2ccnc(N(C)C)n2)c(N)c1. The molecule has 0 saturated heterocycles. The van der Waals surface area contributed by atoms with E-state index in [1.807, 2.05) is 14.1 Å². The summed E-state index contributed by atoms with van der Waals surface area (Å²) in [5.74, 6) is 2.23. The third kappa shape index (κ3) is 3.04. The van der Waals surface area contributed by atoms with Crippen LogP contribution < -0.4 is 20.1 Å². The van der Waals surface area contributed by atoms with Crippen LogP contribution in [0, 0.1) is 0 Å². The molecule has 0 bridgehead atoms. The Kier molecular flexibility index (Phi) is 3.70. The van der Waals surface area contributed by atoms with Crippen LogP contribution in [0.5, 0.6) is 17.4 Å². The van der Waals surface area contributed by atoms with Gasteiger partial charge in [0.1, 0.15) is 5.75 Å². The highest BCUT2D eigenvalue weighted by Crippen LogP contribution is 2.29. The van der Waals surface area contributed by atoms with Crippen LogP contribution in [0.2, 0.25) is 0 Å². The van der Waals surface area contributed by atoms with E-state index in [0.29, 0.717) is 29.0 Å². The van der Waals surface area contributed by atoms with Gasteiger partial charge in [-0.15, -0.1) is 0 Å². The third-order valence-corrected chi connectivity index (χ3v) is 2.45. The zero-order valence-corrected chi connectivity index (χ0v) is 11.1. The van der Waals surface area contributed by atoms with Crippen LogP contribution in [0.3, 0.4) is 0 Å². The fourth-order valence-corrected chi connectivity index (χ4v) is 1.46. The van der Waals surface area contributed by atoms with Crippen molar-refractivity contribution in [3.63, 3.8) is 0 Å². The van der Waals surface area contributed by atoms with E-state index in [1.165, 1.54) is 0 Å². The van der Waals surface area contributed by atoms with E-state index in [0.717, 1.165) is 0 Å². The highest BCUT2D eigenvalue weighted by atomic mass is 16.5. The zero-order chi connectivity index (χ0) is 13.8. The molecule has 1 aromatic carbocycles. The number of hydrogen-bond acceptors (Lipinski definition) is 6. The highest BCUT2D eigenvalue weighted by Gasteiger charge is 2.07. The maximum Gasteiger partial charge on any atom is 0.228 e. The lowest BCUT2D eigenvalue weighted by atomic mass is 10.3. The van der Waals surface area contributed by atoms with Gasteiger partial charge in [0.05, 0.1) is 12.8 Å². The minimum Gasteiger partial charge on any atom is -0.497 e. The van der Waals surface area contributed by atoms with Gasteiger partial charge in [-0.1, -0.05) is 0 Å². The van der Waals surface area contributed by atoms with Crippen LogP contribution >= 0.6 is 0 Å². The molecule has 0 aliphatic carbocycles. The molecule has 0 spiro atoms. The summed E-state index contributed by atoms with van der Waals surface area (Å²) in [6, 6.07) is 6.89. The Hall–Kier alpha value is -2.50. The van der Waals surface area contributed by atoms with Gasteiger partial charge in [0.25, 0.3) is 0 Å². The Labute approximate surface area is 111 Å². The van der Waals surface area contributed by atoms with Crippen molar-refractivity contribution in [2.75, 3.05) is 31.8 Å². The van der Waals surface area contributed by atoms with Gasteiger partial charge < -0.3 is 20.1 Å². The minimum atomic E-state index is 0.440. The molecule has 19 heavy (non-hydrogen) atoms. The summed E-state index contributed by atoms with van der Waals surface area (Å²) in [6.07, 6.45) is 1.64. The average Bonchev–Trinajstić information content (AvgIpc) is 2.41. The molecule has 0 aliphatic rings. The molecule has 0 aliphatic heterocycles. The number of methoxy groups -OCH3 is 1. The molecule has 6 nitrogen and oxygen atoms in total. The Morgan fingerprint density at radius 3 is 2.63 bits per heavy atom. The summed E-state index contributed by atoms with van der Waals surface area (Å²) in [5, 5.41) is 0. The molecule has 0 fully saturated rings. The quantitative estimate of drug-likeness (QED) is 0.847. The van der Waals surface area contributed by atoms with Gasteiger partial charge in [0.2, 0.25) is 11.8 Å².